The van der Waals surface area contributed by atoms with Crippen LogP contribution in [0.3, 0.4) is 0 Å². The van der Waals surface area contributed by atoms with Crippen molar-refractivity contribution in [2.24, 2.45) is 5.92 Å². The Morgan fingerprint density at radius 3 is 2.77 bits per heavy atom. The molecule has 0 bridgehead atoms. The number of fused-ring (bicyclic) bond motifs is 2. The first-order valence-corrected chi connectivity index (χ1v) is 10.5. The summed E-state index contributed by atoms with van der Waals surface area (Å²) in [6.07, 6.45) is 3.44. The van der Waals surface area contributed by atoms with Crippen LogP contribution < -0.4 is 5.73 Å². The number of likely N-dealkylation sites (N-methyl/N-ethyl adjacent to an activating group) is 1. The molecule has 1 saturated carbocycles. The summed E-state index contributed by atoms with van der Waals surface area (Å²) in [5.41, 5.74) is 7.07. The van der Waals surface area contributed by atoms with Crippen molar-refractivity contribution in [3.63, 3.8) is 0 Å². The van der Waals surface area contributed by atoms with Gasteiger partial charge in [-0.3, -0.25) is 9.36 Å². The predicted octanol–water partition coefficient (Wildman–Crippen LogP) is 0.709. The number of aromatic nitrogens is 4. The van der Waals surface area contributed by atoms with E-state index >= 15 is 0 Å². The average Bonchev–Trinajstić information content (AvgIpc) is 3.33. The topological polar surface area (TPSA) is 127 Å². The fraction of sp³-hybridized carbons (Fsp3) is 0.700. The van der Waals surface area contributed by atoms with Gasteiger partial charge in [0.15, 0.2) is 23.5 Å². The van der Waals surface area contributed by atoms with E-state index < -0.39 is 12.0 Å². The van der Waals surface area contributed by atoms with E-state index in [1.165, 1.54) is 13.4 Å². The van der Waals surface area contributed by atoms with Gasteiger partial charge in [-0.15, -0.1) is 0 Å². The van der Waals surface area contributed by atoms with Crippen molar-refractivity contribution < 1.29 is 23.7 Å². The molecule has 3 aliphatic rings. The maximum Gasteiger partial charge on any atom is 0.308 e. The van der Waals surface area contributed by atoms with Gasteiger partial charge >= 0.3 is 5.97 Å². The second kappa shape index (κ2) is 7.37. The van der Waals surface area contributed by atoms with Crippen molar-refractivity contribution in [3.05, 3.63) is 12.7 Å². The van der Waals surface area contributed by atoms with Crippen molar-refractivity contribution in [3.8, 4) is 0 Å². The Morgan fingerprint density at radius 2 is 2.03 bits per heavy atom. The molecule has 4 heterocycles. The summed E-state index contributed by atoms with van der Waals surface area (Å²) in [5, 5.41) is 0. The molecule has 2 saturated heterocycles. The molecule has 2 N–H and O–H groups in total. The van der Waals surface area contributed by atoms with Gasteiger partial charge in [0.25, 0.3) is 0 Å². The number of hydrogen-bond acceptors (Lipinski definition) is 10. The first-order valence-electron chi connectivity index (χ1n) is 10.5. The largest absolute Gasteiger partial charge is 0.469 e. The van der Waals surface area contributed by atoms with Crippen LogP contribution >= 0.6 is 0 Å². The second-order valence-electron chi connectivity index (χ2n) is 9.00. The molecule has 0 spiro atoms. The monoisotopic (exact) mass is 432 g/mol. The molecule has 11 nitrogen and oxygen atoms in total. The van der Waals surface area contributed by atoms with Crippen molar-refractivity contribution in [2.45, 2.75) is 63.1 Å². The molecular formula is C20H28N6O5. The third kappa shape index (κ3) is 3.45. The van der Waals surface area contributed by atoms with E-state index in [-0.39, 0.29) is 30.2 Å². The Bertz CT molecular complexity index is 990. The quantitative estimate of drug-likeness (QED) is 0.675. The molecule has 11 heteroatoms. The van der Waals surface area contributed by atoms with E-state index in [1.54, 1.807) is 6.33 Å². The molecule has 0 unspecified atom stereocenters. The minimum absolute atomic E-state index is 0.0186. The van der Waals surface area contributed by atoms with Gasteiger partial charge in [0.05, 0.1) is 19.4 Å². The first-order chi connectivity index (χ1) is 14.8. The molecule has 1 aliphatic carbocycles. The van der Waals surface area contributed by atoms with Crippen LogP contribution in [-0.4, -0.2) is 81.2 Å². The summed E-state index contributed by atoms with van der Waals surface area (Å²) in [4.78, 5) is 26.6. The van der Waals surface area contributed by atoms with Gasteiger partial charge in [-0.25, -0.2) is 15.0 Å². The van der Waals surface area contributed by atoms with Crippen LogP contribution in [0.5, 0.6) is 0 Å². The molecule has 5 rings (SSSR count). The smallest absolute Gasteiger partial charge is 0.308 e. The van der Waals surface area contributed by atoms with Crippen molar-refractivity contribution in [2.75, 3.05) is 26.4 Å². The molecule has 2 aromatic heterocycles. The number of nitrogens with zero attached hydrogens (tertiary/aromatic N) is 5. The fourth-order valence-corrected chi connectivity index (χ4v) is 4.83. The van der Waals surface area contributed by atoms with Crippen molar-refractivity contribution in [1.82, 2.24) is 24.4 Å². The lowest BCUT2D eigenvalue weighted by molar-refractivity contribution is -0.198. The van der Waals surface area contributed by atoms with Gasteiger partial charge < -0.3 is 29.6 Å². The highest BCUT2D eigenvalue weighted by atomic mass is 16.8. The number of nitrogens with two attached hydrogens (primary N) is 1. The lowest BCUT2D eigenvalue weighted by Crippen LogP contribution is -2.49. The van der Waals surface area contributed by atoms with E-state index in [0.29, 0.717) is 29.6 Å². The number of carbonyl (C=O) groups excluding carboxylic acids is 1. The number of methoxy groups -OCH3 is 1. The number of hydrogen-bond donors (Lipinski definition) is 1. The summed E-state index contributed by atoms with van der Waals surface area (Å²) in [5.74, 6) is -0.548. The highest BCUT2D eigenvalue weighted by molar-refractivity contribution is 5.81. The maximum absolute atomic E-state index is 11.7. The molecule has 0 radical (unpaired) electrons. The molecule has 31 heavy (non-hydrogen) atoms. The molecule has 2 aliphatic heterocycles. The third-order valence-corrected chi connectivity index (χ3v) is 6.53. The Labute approximate surface area is 179 Å². The number of imidazole rings is 1. The van der Waals surface area contributed by atoms with E-state index in [1.807, 2.05) is 25.5 Å². The lowest BCUT2D eigenvalue weighted by atomic mass is 9.79. The zero-order valence-electron chi connectivity index (χ0n) is 18.1. The zero-order chi connectivity index (χ0) is 21.9. The third-order valence-electron chi connectivity index (χ3n) is 6.53. The summed E-state index contributed by atoms with van der Waals surface area (Å²) < 4.78 is 25.6. The highest BCUT2D eigenvalue weighted by Crippen LogP contribution is 2.44. The number of rotatable bonds is 5. The summed E-state index contributed by atoms with van der Waals surface area (Å²) >= 11 is 0. The molecule has 3 fully saturated rings. The number of esters is 1. The van der Waals surface area contributed by atoms with Gasteiger partial charge in [-0.2, -0.15) is 0 Å². The van der Waals surface area contributed by atoms with E-state index in [2.05, 4.69) is 19.9 Å². The van der Waals surface area contributed by atoms with Crippen LogP contribution in [0.2, 0.25) is 0 Å². The second-order valence-corrected chi connectivity index (χ2v) is 9.00. The first kappa shape index (κ1) is 20.6. The fourth-order valence-electron chi connectivity index (χ4n) is 4.83. The van der Waals surface area contributed by atoms with Gasteiger partial charge in [-0.1, -0.05) is 0 Å². The SMILES string of the molecule is COC(=O)C1CC(N(C)C[C@H]2O[C@@H](n3cnc4c(N)ncnc43)[C@@H]3OC(C)(C)O[C@@H]32)C1. The number of carbonyl (C=O) groups is 1. The standard InChI is InChI=1S/C20H28N6O5/c1-20(2)30-14-12(7-25(3)11-5-10(6-11)19(27)28-4)29-18(15(14)31-20)26-9-24-13-16(21)22-8-23-17(13)26/h8-12,14-15,18H,5-7H2,1-4H3,(H2,21,22,23)/t10?,11?,12-,14-,15-,18-/m1/s1. The van der Waals surface area contributed by atoms with Crippen molar-refractivity contribution in [1.29, 1.82) is 0 Å². The van der Waals surface area contributed by atoms with Crippen molar-refractivity contribution >= 4 is 23.0 Å². The lowest BCUT2D eigenvalue weighted by Gasteiger charge is -2.40. The van der Waals surface area contributed by atoms with Gasteiger partial charge in [0, 0.05) is 12.6 Å². The Hall–Kier alpha value is -2.34. The Morgan fingerprint density at radius 1 is 1.29 bits per heavy atom. The van der Waals surface area contributed by atoms with Crippen LogP contribution in [0.25, 0.3) is 11.2 Å². The van der Waals surface area contributed by atoms with Crippen LogP contribution in [0.15, 0.2) is 12.7 Å². The van der Waals surface area contributed by atoms with Crippen LogP contribution in [0.1, 0.15) is 32.9 Å². The molecule has 168 valence electrons. The number of ether oxygens (including phenoxy) is 4. The highest BCUT2D eigenvalue weighted by Gasteiger charge is 2.56. The molecule has 2 aromatic rings. The van der Waals surface area contributed by atoms with Crippen LogP contribution in [0, 0.1) is 5.92 Å². The number of nitrogen functional groups attached to an aromatic ring is 1. The summed E-state index contributed by atoms with van der Waals surface area (Å²) in [6.45, 7) is 4.46. The van der Waals surface area contributed by atoms with E-state index in [4.69, 9.17) is 24.7 Å². The Kier molecular flexibility index (Phi) is 4.88. The zero-order valence-corrected chi connectivity index (χ0v) is 18.1. The normalized spacial score (nSPS) is 34.1. The van der Waals surface area contributed by atoms with Gasteiger partial charge in [0.1, 0.15) is 30.2 Å². The number of anilines is 1. The minimum atomic E-state index is -0.717. The van der Waals surface area contributed by atoms with Gasteiger partial charge in [0.2, 0.25) is 0 Å². The summed E-state index contributed by atoms with van der Waals surface area (Å²) in [6, 6.07) is 0.308. The molecule has 4 atom stereocenters. The minimum Gasteiger partial charge on any atom is -0.469 e. The maximum atomic E-state index is 11.7. The molecule has 0 aromatic carbocycles. The van der Waals surface area contributed by atoms with Gasteiger partial charge in [-0.05, 0) is 33.7 Å². The average molecular weight is 432 g/mol. The molecular weight excluding hydrogens is 404 g/mol. The summed E-state index contributed by atoms with van der Waals surface area (Å²) in [7, 11) is 3.48. The molecule has 0 amide bonds. The van der Waals surface area contributed by atoms with E-state index in [0.717, 1.165) is 12.8 Å². The van der Waals surface area contributed by atoms with Crippen LogP contribution in [0.4, 0.5) is 5.82 Å². The Balaban J connectivity index is 1.35. The van der Waals surface area contributed by atoms with E-state index in [9.17, 15) is 4.79 Å². The predicted molar refractivity (Wildman–Crippen MR) is 109 cm³/mol. The van der Waals surface area contributed by atoms with Crippen LogP contribution in [-0.2, 0) is 23.7 Å².